The van der Waals surface area contributed by atoms with Gasteiger partial charge in [-0.1, -0.05) is 0 Å². The van der Waals surface area contributed by atoms with Crippen LogP contribution in [0.4, 0.5) is 0 Å². The Morgan fingerprint density at radius 2 is 1.30 bits per heavy atom. The molecule has 0 bridgehead atoms. The zero-order valence-corrected chi connectivity index (χ0v) is 5.61. The summed E-state index contributed by atoms with van der Waals surface area (Å²) in [7, 11) is -7.19. The minimum absolute atomic E-state index is 2.49. The Labute approximate surface area is 59.6 Å². The van der Waals surface area contributed by atoms with E-state index in [-0.39, 0.29) is 0 Å². The molecular weight excluding hydrogens is 199 g/mol. The molecule has 0 fully saturated rings. The van der Waals surface area contributed by atoms with Gasteiger partial charge in [0.25, 0.3) is 0 Å². The molecule has 0 aromatic heterocycles. The molecule has 0 amide bonds. The molecular formula is H2Cl2O8. The van der Waals surface area contributed by atoms with Crippen molar-refractivity contribution in [3.05, 3.63) is 0 Å². The average molecular weight is 201 g/mol. The fourth-order valence-corrected chi connectivity index (χ4v) is 0. The smallest absolute Gasteiger partial charge is 0.318 e. The van der Waals surface area contributed by atoms with Gasteiger partial charge in [0.15, 0.2) is 4.44 Å². The van der Waals surface area contributed by atoms with Crippen molar-refractivity contribution in [3.8, 4) is 0 Å². The van der Waals surface area contributed by atoms with Crippen molar-refractivity contribution in [1.82, 2.24) is 0 Å². The van der Waals surface area contributed by atoms with Crippen LogP contribution < -0.4 is 23.3 Å². The van der Waals surface area contributed by atoms with Crippen LogP contribution in [0.15, 0.2) is 0 Å². The highest BCUT2D eigenvalue weighted by Crippen LogP contribution is 1.61. The Balaban J connectivity index is 0. The quantitative estimate of drug-likeness (QED) is 0.312. The van der Waals surface area contributed by atoms with Crippen LogP contribution in [0.3, 0.4) is 0 Å². The molecule has 64 valence electrons. The molecule has 0 rings (SSSR count). The Kier molecular flexibility index (Phi) is 7.74. The third-order valence-corrected chi connectivity index (χ3v) is 0.169. The molecule has 0 heterocycles. The summed E-state index contributed by atoms with van der Waals surface area (Å²) in [5.41, 5.74) is 0. The van der Waals surface area contributed by atoms with E-state index in [1.807, 2.05) is 0 Å². The van der Waals surface area contributed by atoms with Gasteiger partial charge in [-0.3, -0.25) is 0 Å². The minimum atomic E-state index is -4.69. The lowest BCUT2D eigenvalue weighted by Crippen LogP contribution is -2.58. The van der Waals surface area contributed by atoms with Gasteiger partial charge in [-0.2, -0.15) is 19.2 Å². The molecule has 0 saturated heterocycles. The van der Waals surface area contributed by atoms with Crippen LogP contribution in [0.1, 0.15) is 0 Å². The predicted molar refractivity (Wildman–Crippen MR) is 5.93 cm³/mol. The molecule has 0 aliphatic carbocycles. The third-order valence-electron chi connectivity index (χ3n) is 0.0563. The van der Waals surface area contributed by atoms with E-state index in [4.69, 9.17) is 33.2 Å². The van der Waals surface area contributed by atoms with Gasteiger partial charge >= 0.3 is 10.8 Å². The lowest BCUT2D eigenvalue weighted by atomic mass is 15.0. The van der Waals surface area contributed by atoms with Crippen molar-refractivity contribution in [2.75, 3.05) is 0 Å². The summed E-state index contributed by atoms with van der Waals surface area (Å²) in [6.45, 7) is 0. The van der Waals surface area contributed by atoms with E-state index in [0.29, 0.717) is 0 Å². The van der Waals surface area contributed by atoms with E-state index in [1.165, 1.54) is 0 Å². The van der Waals surface area contributed by atoms with E-state index in [0.717, 1.165) is 0 Å². The van der Waals surface area contributed by atoms with E-state index in [1.54, 1.807) is 0 Å². The normalized spacial score (nSPS) is 10.8. The fraction of sp³-hybridized carbons (Fsp3) is 0. The molecule has 10 heavy (non-hydrogen) atoms. The molecule has 0 aromatic carbocycles. The van der Waals surface area contributed by atoms with Crippen LogP contribution in [0.5, 0.6) is 0 Å². The lowest BCUT2D eigenvalue weighted by molar-refractivity contribution is -1.92. The van der Waals surface area contributed by atoms with Crippen LogP contribution in [0, 0.1) is 21.0 Å². The first kappa shape index (κ1) is 12.9. The first-order chi connectivity index (χ1) is 4.27. The van der Waals surface area contributed by atoms with Crippen molar-refractivity contribution < 1.29 is 58.7 Å². The second-order valence-electron chi connectivity index (χ2n) is 0.654. The standard InChI is InChI=1S/2ClHO4/c2-1(3)5-4;2-1(3,4)5/h4H;(H,2,3,4,5). The summed E-state index contributed by atoms with van der Waals surface area (Å²) in [5, 5.41) is 7.01. The maximum Gasteiger partial charge on any atom is 0.328 e. The number of halogens is 2. The topological polar surface area (TPSA) is 165 Å². The number of rotatable bonds is 1. The summed E-state index contributed by atoms with van der Waals surface area (Å²) in [6.07, 6.45) is 0. The van der Waals surface area contributed by atoms with Crippen molar-refractivity contribution in [2.24, 2.45) is 0 Å². The van der Waals surface area contributed by atoms with Crippen LogP contribution in [0.25, 0.3) is 0 Å². The number of hydrogen-bond acceptors (Lipinski definition) is 8. The van der Waals surface area contributed by atoms with Crippen molar-refractivity contribution in [3.63, 3.8) is 0 Å². The van der Waals surface area contributed by atoms with E-state index >= 15 is 0 Å². The molecule has 0 aromatic rings. The first-order valence-corrected chi connectivity index (χ1v) is 3.47. The van der Waals surface area contributed by atoms with Crippen LogP contribution >= 0.6 is 0 Å². The van der Waals surface area contributed by atoms with Crippen LogP contribution in [-0.2, 0) is 4.44 Å². The molecule has 2 N–H and O–H groups in total. The van der Waals surface area contributed by atoms with Crippen molar-refractivity contribution in [1.29, 1.82) is 0 Å². The molecule has 0 unspecified atom stereocenters. The maximum atomic E-state index is 8.86. The Hall–Kier alpha value is 0.260. The molecule has 10 heteroatoms. The molecule has 0 spiro atoms. The average Bonchev–Trinajstić information content (AvgIpc) is 1.61. The monoisotopic (exact) mass is 200 g/mol. The Morgan fingerprint density at radius 1 is 1.20 bits per heavy atom. The van der Waals surface area contributed by atoms with Gasteiger partial charge in [-0.15, -0.1) is 0 Å². The highest BCUT2D eigenvalue weighted by Gasteiger charge is 1.98. The molecule has 0 saturated carbocycles. The summed E-state index contributed by atoms with van der Waals surface area (Å²) < 4.78 is 53.1. The summed E-state index contributed by atoms with van der Waals surface area (Å²) >= 11 is 0. The second-order valence-corrected chi connectivity index (χ2v) is 1.96. The van der Waals surface area contributed by atoms with Crippen LogP contribution in [-0.4, -0.2) is 9.92 Å². The molecule has 0 aliphatic heterocycles. The zero-order chi connectivity index (χ0) is 8.78. The SMILES string of the molecule is [O-][Cl+2]([O-])OO.[O-][Cl+3]([O-])([O-])O. The maximum absolute atomic E-state index is 8.86. The highest BCUT2D eigenvalue weighted by atomic mass is 35.7. The largest absolute Gasteiger partial charge is 0.328 e. The summed E-state index contributed by atoms with van der Waals surface area (Å²) in [6, 6.07) is 0. The predicted octanol–water partition coefficient (Wildman–Crippen LogP) is -6.56. The second kappa shape index (κ2) is 6.00. The van der Waals surface area contributed by atoms with Gasteiger partial charge in [-0.05, 0) is 0 Å². The van der Waals surface area contributed by atoms with Gasteiger partial charge in [0, 0.05) is 0 Å². The van der Waals surface area contributed by atoms with E-state index in [9.17, 15) is 0 Å². The van der Waals surface area contributed by atoms with Gasteiger partial charge in [0.1, 0.15) is 0 Å². The number of hydrogen-bond donors (Lipinski definition) is 2. The van der Waals surface area contributed by atoms with E-state index < -0.39 is 21.0 Å². The van der Waals surface area contributed by atoms with E-state index in [2.05, 4.69) is 4.44 Å². The first-order valence-electron chi connectivity index (χ1n) is 1.28. The Bertz CT molecular complexity index is 56.1. The van der Waals surface area contributed by atoms with Gasteiger partial charge in [0.2, 0.25) is 0 Å². The molecule has 0 atom stereocenters. The Morgan fingerprint density at radius 3 is 1.30 bits per heavy atom. The molecule has 8 nitrogen and oxygen atoms in total. The zero-order valence-electron chi connectivity index (χ0n) is 4.10. The van der Waals surface area contributed by atoms with Crippen molar-refractivity contribution >= 4 is 0 Å². The third kappa shape index (κ3) is 85.2. The molecule has 0 radical (unpaired) electrons. The van der Waals surface area contributed by atoms with Gasteiger partial charge in [-0.25, -0.2) is 0 Å². The summed E-state index contributed by atoms with van der Waals surface area (Å²) in [4.78, 5) is 0. The lowest BCUT2D eigenvalue weighted by Gasteiger charge is -2.03. The highest BCUT2D eigenvalue weighted by molar-refractivity contribution is 2.38. The fourth-order valence-electron chi connectivity index (χ4n) is 0. The van der Waals surface area contributed by atoms with Crippen LogP contribution in [0.2, 0.25) is 0 Å². The molecule has 0 aliphatic rings. The minimum Gasteiger partial charge on any atom is -0.318 e. The van der Waals surface area contributed by atoms with Gasteiger partial charge in [0.05, 0.1) is 14.9 Å². The van der Waals surface area contributed by atoms with Gasteiger partial charge < -0.3 is 9.32 Å². The summed E-state index contributed by atoms with van der Waals surface area (Å²) in [5.74, 6) is 0. The van der Waals surface area contributed by atoms with Crippen molar-refractivity contribution in [2.45, 2.75) is 0 Å².